The molecule has 0 aromatic heterocycles. The largest absolute Gasteiger partial charge is 0.488 e. The van der Waals surface area contributed by atoms with Gasteiger partial charge in [0.2, 0.25) is 5.91 Å². The van der Waals surface area contributed by atoms with Gasteiger partial charge in [-0.3, -0.25) is 19.3 Å². The number of nitrogens with one attached hydrogen (secondary N) is 1. The SMILES string of the molecule is CNC(=O)CCC(C=O)N(C)C(=O)c1cc(CN2CC(Oc3ccc(S(=O)N4CCC(N)CC4)cc3)C2)ccc1C=O. The van der Waals surface area contributed by atoms with Crippen LogP contribution in [-0.4, -0.2) is 101 Å². The molecule has 11 nitrogen and oxygen atoms in total. The number of likely N-dealkylation sites (tertiary alicyclic amines) is 1. The molecule has 0 spiro atoms. The molecule has 0 bridgehead atoms. The third kappa shape index (κ3) is 7.88. The normalized spacial score (nSPS) is 18.0. The number of benzene rings is 2. The van der Waals surface area contributed by atoms with Gasteiger partial charge in [-0.25, -0.2) is 8.51 Å². The molecule has 0 radical (unpaired) electrons. The Balaban J connectivity index is 1.30. The van der Waals surface area contributed by atoms with Crippen molar-refractivity contribution in [3.8, 4) is 5.75 Å². The number of hydrogen-bond acceptors (Lipinski definition) is 8. The van der Waals surface area contributed by atoms with Crippen LogP contribution >= 0.6 is 0 Å². The Morgan fingerprint density at radius 1 is 1.14 bits per heavy atom. The topological polar surface area (TPSA) is 142 Å². The van der Waals surface area contributed by atoms with E-state index in [0.717, 1.165) is 36.4 Å². The number of amides is 2. The van der Waals surface area contributed by atoms with Crippen molar-refractivity contribution in [1.82, 2.24) is 19.4 Å². The summed E-state index contributed by atoms with van der Waals surface area (Å²) in [5, 5.41) is 2.50. The highest BCUT2D eigenvalue weighted by molar-refractivity contribution is 7.82. The van der Waals surface area contributed by atoms with Crippen LogP contribution in [0.5, 0.6) is 5.75 Å². The van der Waals surface area contributed by atoms with Gasteiger partial charge in [-0.2, -0.15) is 0 Å². The predicted octanol–water partition coefficient (Wildman–Crippen LogP) is 1.37. The maximum atomic E-state index is 13.2. The number of rotatable bonds is 13. The predicted molar refractivity (Wildman–Crippen MR) is 158 cm³/mol. The van der Waals surface area contributed by atoms with Crippen molar-refractivity contribution >= 4 is 35.4 Å². The molecule has 2 saturated heterocycles. The second kappa shape index (κ2) is 14.6. The Labute approximate surface area is 248 Å². The Morgan fingerprint density at radius 3 is 2.45 bits per heavy atom. The van der Waals surface area contributed by atoms with Crippen LogP contribution in [0.3, 0.4) is 0 Å². The molecule has 42 heavy (non-hydrogen) atoms. The summed E-state index contributed by atoms with van der Waals surface area (Å²) in [5.41, 5.74) is 7.27. The summed E-state index contributed by atoms with van der Waals surface area (Å²) in [7, 11) is 1.80. The zero-order chi connectivity index (χ0) is 30.2. The molecule has 0 saturated carbocycles. The molecule has 2 aromatic rings. The summed E-state index contributed by atoms with van der Waals surface area (Å²) >= 11 is 0. The van der Waals surface area contributed by atoms with E-state index in [4.69, 9.17) is 10.5 Å². The van der Waals surface area contributed by atoms with Gasteiger partial charge in [-0.05, 0) is 55.2 Å². The number of likely N-dealkylation sites (N-methyl/N-ethyl adjacent to an activating group) is 1. The Morgan fingerprint density at radius 2 is 1.83 bits per heavy atom. The van der Waals surface area contributed by atoms with Gasteiger partial charge in [0.15, 0.2) is 6.29 Å². The molecule has 0 aliphatic carbocycles. The Hall–Kier alpha value is -3.45. The molecule has 2 unspecified atom stereocenters. The van der Waals surface area contributed by atoms with Gasteiger partial charge in [0.25, 0.3) is 5.91 Å². The van der Waals surface area contributed by atoms with Crippen LogP contribution in [0, 0.1) is 0 Å². The molecule has 2 fully saturated rings. The monoisotopic (exact) mass is 597 g/mol. The molecular weight excluding hydrogens is 558 g/mol. The minimum Gasteiger partial charge on any atom is -0.488 e. The first-order valence-electron chi connectivity index (χ1n) is 14.1. The molecule has 3 N–H and O–H groups in total. The molecular formula is C30H39N5O6S. The van der Waals surface area contributed by atoms with E-state index in [0.29, 0.717) is 38.0 Å². The molecule has 2 aliphatic rings. The van der Waals surface area contributed by atoms with E-state index in [1.807, 2.05) is 34.6 Å². The summed E-state index contributed by atoms with van der Waals surface area (Å²) < 4.78 is 20.9. The number of piperidine rings is 1. The molecule has 2 heterocycles. The van der Waals surface area contributed by atoms with E-state index >= 15 is 0 Å². The zero-order valence-corrected chi connectivity index (χ0v) is 24.9. The second-order valence-corrected chi connectivity index (χ2v) is 12.3. The van der Waals surface area contributed by atoms with Gasteiger partial charge in [0, 0.05) is 64.8 Å². The van der Waals surface area contributed by atoms with E-state index in [1.54, 1.807) is 12.1 Å². The summed E-state index contributed by atoms with van der Waals surface area (Å²) in [4.78, 5) is 52.3. The van der Waals surface area contributed by atoms with Gasteiger partial charge in [0.05, 0.1) is 16.5 Å². The van der Waals surface area contributed by atoms with E-state index in [-0.39, 0.29) is 42.0 Å². The molecule has 2 aromatic carbocycles. The summed E-state index contributed by atoms with van der Waals surface area (Å²) in [6.07, 6.45) is 3.26. The van der Waals surface area contributed by atoms with Crippen molar-refractivity contribution < 1.29 is 28.1 Å². The van der Waals surface area contributed by atoms with E-state index in [2.05, 4.69) is 10.2 Å². The highest BCUT2D eigenvalue weighted by Crippen LogP contribution is 2.24. The maximum absolute atomic E-state index is 13.2. The molecule has 2 aliphatic heterocycles. The average molecular weight is 598 g/mol. The van der Waals surface area contributed by atoms with Gasteiger partial charge < -0.3 is 25.5 Å². The van der Waals surface area contributed by atoms with Gasteiger partial charge in [0.1, 0.15) is 29.1 Å². The van der Waals surface area contributed by atoms with Crippen molar-refractivity contribution in [3.63, 3.8) is 0 Å². The van der Waals surface area contributed by atoms with Gasteiger partial charge in [-0.15, -0.1) is 0 Å². The summed E-state index contributed by atoms with van der Waals surface area (Å²) in [6, 6.07) is 11.9. The Kier molecular flexibility index (Phi) is 11.0. The minimum absolute atomic E-state index is 0.0000779. The fourth-order valence-electron chi connectivity index (χ4n) is 5.09. The lowest BCUT2D eigenvalue weighted by Gasteiger charge is -2.39. The fourth-order valence-corrected chi connectivity index (χ4v) is 6.30. The third-order valence-electron chi connectivity index (χ3n) is 7.79. The number of nitrogens with zero attached hydrogens (tertiary/aromatic N) is 3. The highest BCUT2D eigenvalue weighted by Gasteiger charge is 2.30. The number of nitrogens with two attached hydrogens (primary N) is 1. The van der Waals surface area contributed by atoms with E-state index in [9.17, 15) is 23.4 Å². The molecule has 12 heteroatoms. The van der Waals surface area contributed by atoms with Gasteiger partial charge in [-0.1, -0.05) is 12.1 Å². The van der Waals surface area contributed by atoms with Crippen molar-refractivity contribution in [1.29, 1.82) is 0 Å². The minimum atomic E-state index is -1.21. The van der Waals surface area contributed by atoms with Crippen LogP contribution in [0.4, 0.5) is 0 Å². The number of carbonyl (C=O) groups is 4. The van der Waals surface area contributed by atoms with Crippen LogP contribution in [0.1, 0.15) is 52.0 Å². The first-order chi connectivity index (χ1) is 20.2. The molecule has 2 atom stereocenters. The molecule has 4 rings (SSSR count). The number of ether oxygens (including phenoxy) is 1. The number of aldehydes is 2. The quantitative estimate of drug-likeness (QED) is 0.330. The van der Waals surface area contributed by atoms with Crippen LogP contribution in [0.2, 0.25) is 0 Å². The standard InChI is InChI=1S/C30H39N5O6S/c1-32-29(38)10-5-24(20-37)33(2)30(39)28-15-21(3-4-22(28)19-36)16-34-17-26(18-34)41-25-6-8-27(9-7-25)42(40)35-13-11-23(31)12-14-35/h3-4,6-9,15,19-20,23-24,26H,5,10-14,16-18,31H2,1-2H3,(H,32,38). The molecule has 226 valence electrons. The fraction of sp³-hybridized carbons (Fsp3) is 0.467. The lowest BCUT2D eigenvalue weighted by Crippen LogP contribution is -2.53. The smallest absolute Gasteiger partial charge is 0.254 e. The number of carbonyl (C=O) groups excluding carboxylic acids is 4. The summed E-state index contributed by atoms with van der Waals surface area (Å²) in [6.45, 7) is 3.40. The first-order valence-corrected chi connectivity index (χ1v) is 15.3. The van der Waals surface area contributed by atoms with Crippen LogP contribution in [-0.2, 0) is 27.1 Å². The van der Waals surface area contributed by atoms with E-state index in [1.165, 1.54) is 19.0 Å². The van der Waals surface area contributed by atoms with Crippen molar-refractivity contribution in [2.45, 2.75) is 55.3 Å². The van der Waals surface area contributed by atoms with Crippen LogP contribution in [0.15, 0.2) is 47.4 Å². The molecule has 2 amide bonds. The Bertz CT molecular complexity index is 1290. The summed E-state index contributed by atoms with van der Waals surface area (Å²) in [5.74, 6) is 0.0434. The van der Waals surface area contributed by atoms with Gasteiger partial charge >= 0.3 is 0 Å². The van der Waals surface area contributed by atoms with E-state index < -0.39 is 22.9 Å². The number of hydrogen-bond donors (Lipinski definition) is 2. The third-order valence-corrected chi connectivity index (χ3v) is 9.30. The first kappa shape index (κ1) is 31.5. The van der Waals surface area contributed by atoms with Crippen molar-refractivity contribution in [2.24, 2.45) is 5.73 Å². The second-order valence-electron chi connectivity index (χ2n) is 10.8. The highest BCUT2D eigenvalue weighted by atomic mass is 32.2. The lowest BCUT2D eigenvalue weighted by atomic mass is 10.0. The lowest BCUT2D eigenvalue weighted by molar-refractivity contribution is -0.121. The van der Waals surface area contributed by atoms with Crippen LogP contribution < -0.4 is 15.8 Å². The van der Waals surface area contributed by atoms with Crippen molar-refractivity contribution in [2.75, 3.05) is 40.3 Å². The van der Waals surface area contributed by atoms with Crippen molar-refractivity contribution in [3.05, 3.63) is 59.2 Å². The zero-order valence-electron chi connectivity index (χ0n) is 24.1. The maximum Gasteiger partial charge on any atom is 0.254 e. The van der Waals surface area contributed by atoms with Crippen LogP contribution in [0.25, 0.3) is 0 Å². The average Bonchev–Trinajstić information content (AvgIpc) is 2.99.